The molecule has 4 nitrogen and oxygen atoms in total. The molecule has 1 saturated carbocycles. The van der Waals surface area contributed by atoms with E-state index in [4.69, 9.17) is 16.3 Å². The van der Waals surface area contributed by atoms with Crippen LogP contribution in [0.4, 0.5) is 5.13 Å². The Hall–Kier alpha value is -0.650. The van der Waals surface area contributed by atoms with Crippen LogP contribution in [0.3, 0.4) is 0 Å². The largest absolute Gasteiger partial charge is 0.374 e. The lowest BCUT2D eigenvalue weighted by Gasteiger charge is -2.37. The number of nitrogens with zero attached hydrogens (tertiary/aromatic N) is 2. The summed E-state index contributed by atoms with van der Waals surface area (Å²) in [6.45, 7) is 1.57. The average Bonchev–Trinajstić information content (AvgIpc) is 2.94. The van der Waals surface area contributed by atoms with Crippen molar-refractivity contribution in [2.45, 2.75) is 31.4 Å². The number of rotatable bonds is 2. The second kappa shape index (κ2) is 4.55. The van der Waals surface area contributed by atoms with E-state index >= 15 is 0 Å². The molecule has 1 aromatic heterocycles. The van der Waals surface area contributed by atoms with Crippen LogP contribution in [0.2, 0.25) is 5.15 Å². The summed E-state index contributed by atoms with van der Waals surface area (Å²) < 4.78 is 5.75. The van der Waals surface area contributed by atoms with E-state index in [1.807, 2.05) is 0 Å². The summed E-state index contributed by atoms with van der Waals surface area (Å²) in [6, 6.07) is 0.408. The van der Waals surface area contributed by atoms with Crippen LogP contribution in [0.1, 0.15) is 28.9 Å². The van der Waals surface area contributed by atoms with Gasteiger partial charge in [0, 0.05) is 6.54 Å². The number of carbonyl (C=O) groups is 1. The lowest BCUT2D eigenvalue weighted by molar-refractivity contribution is 0.0256. The van der Waals surface area contributed by atoms with Gasteiger partial charge in [0.25, 0.3) is 0 Å². The SMILES string of the molecule is O=Cc1sc(N2CCOC3CCCC32)nc1Cl. The summed E-state index contributed by atoms with van der Waals surface area (Å²) in [6.07, 6.45) is 4.56. The molecular weight excluding hydrogens is 260 g/mol. The first-order valence-electron chi connectivity index (χ1n) is 5.79. The van der Waals surface area contributed by atoms with E-state index in [-0.39, 0.29) is 0 Å². The van der Waals surface area contributed by atoms with E-state index < -0.39 is 0 Å². The third-order valence-electron chi connectivity index (χ3n) is 3.43. The molecule has 0 N–H and O–H groups in total. The fraction of sp³-hybridized carbons (Fsp3) is 0.636. The molecule has 2 unspecified atom stereocenters. The Bertz CT molecular complexity index is 437. The fourth-order valence-corrected chi connectivity index (χ4v) is 3.81. The zero-order valence-corrected chi connectivity index (χ0v) is 10.8. The first-order valence-corrected chi connectivity index (χ1v) is 6.99. The Kier molecular flexibility index (Phi) is 3.06. The summed E-state index contributed by atoms with van der Waals surface area (Å²) in [5.74, 6) is 0. The van der Waals surface area contributed by atoms with Crippen molar-refractivity contribution in [3.63, 3.8) is 0 Å². The van der Waals surface area contributed by atoms with E-state index in [0.29, 0.717) is 22.2 Å². The minimum Gasteiger partial charge on any atom is -0.374 e. The number of hydrogen-bond acceptors (Lipinski definition) is 5. The number of halogens is 1. The molecule has 2 fully saturated rings. The summed E-state index contributed by atoms with van der Waals surface area (Å²) >= 11 is 7.29. The molecule has 92 valence electrons. The van der Waals surface area contributed by atoms with Gasteiger partial charge in [-0.3, -0.25) is 4.79 Å². The molecule has 2 aliphatic rings. The molecule has 1 aliphatic heterocycles. The van der Waals surface area contributed by atoms with E-state index in [1.54, 1.807) is 0 Å². The number of anilines is 1. The molecule has 0 radical (unpaired) electrons. The predicted molar refractivity (Wildman–Crippen MR) is 67.2 cm³/mol. The third kappa shape index (κ3) is 1.96. The van der Waals surface area contributed by atoms with Gasteiger partial charge >= 0.3 is 0 Å². The van der Waals surface area contributed by atoms with Crippen molar-refractivity contribution in [1.29, 1.82) is 0 Å². The zero-order valence-electron chi connectivity index (χ0n) is 9.26. The van der Waals surface area contributed by atoms with Crippen molar-refractivity contribution >= 4 is 34.4 Å². The molecule has 0 spiro atoms. The summed E-state index contributed by atoms with van der Waals surface area (Å²) in [4.78, 5) is 17.9. The zero-order chi connectivity index (χ0) is 11.8. The summed E-state index contributed by atoms with van der Waals surface area (Å²) in [7, 11) is 0. The van der Waals surface area contributed by atoms with Crippen LogP contribution in [0, 0.1) is 0 Å². The van der Waals surface area contributed by atoms with E-state index in [2.05, 4.69) is 9.88 Å². The number of ether oxygens (including phenoxy) is 1. The number of carbonyl (C=O) groups excluding carboxylic acids is 1. The van der Waals surface area contributed by atoms with Gasteiger partial charge in [-0.1, -0.05) is 22.9 Å². The van der Waals surface area contributed by atoms with Gasteiger partial charge in [0.2, 0.25) is 0 Å². The highest BCUT2D eigenvalue weighted by Crippen LogP contribution is 2.36. The Labute approximate surface area is 109 Å². The highest BCUT2D eigenvalue weighted by Gasteiger charge is 2.37. The number of aromatic nitrogens is 1. The van der Waals surface area contributed by atoms with Crippen LogP contribution in [0.5, 0.6) is 0 Å². The van der Waals surface area contributed by atoms with E-state index in [9.17, 15) is 4.79 Å². The topological polar surface area (TPSA) is 42.4 Å². The molecule has 1 saturated heterocycles. The first-order chi connectivity index (χ1) is 8.29. The number of hydrogen-bond donors (Lipinski definition) is 0. The third-order valence-corrected chi connectivity index (χ3v) is 4.85. The van der Waals surface area contributed by atoms with Crippen LogP contribution in [0.15, 0.2) is 0 Å². The van der Waals surface area contributed by atoms with Crippen molar-refractivity contribution in [3.8, 4) is 0 Å². The minimum absolute atomic E-state index is 0.320. The van der Waals surface area contributed by atoms with Crippen molar-refractivity contribution < 1.29 is 9.53 Å². The Balaban J connectivity index is 1.88. The fourth-order valence-electron chi connectivity index (χ4n) is 2.66. The molecule has 0 bridgehead atoms. The van der Waals surface area contributed by atoms with Gasteiger partial charge < -0.3 is 9.64 Å². The minimum atomic E-state index is 0.320. The number of thiazole rings is 1. The van der Waals surface area contributed by atoms with Crippen molar-refractivity contribution in [1.82, 2.24) is 4.98 Å². The molecule has 2 atom stereocenters. The van der Waals surface area contributed by atoms with Gasteiger partial charge in [0.1, 0.15) is 4.88 Å². The monoisotopic (exact) mass is 272 g/mol. The first kappa shape index (κ1) is 11.4. The Morgan fingerprint density at radius 1 is 1.53 bits per heavy atom. The van der Waals surface area contributed by atoms with Gasteiger partial charge in [-0.15, -0.1) is 0 Å². The molecule has 17 heavy (non-hydrogen) atoms. The van der Waals surface area contributed by atoms with E-state index in [1.165, 1.54) is 17.8 Å². The van der Waals surface area contributed by atoms with Gasteiger partial charge in [-0.05, 0) is 19.3 Å². The lowest BCUT2D eigenvalue weighted by Crippen LogP contribution is -2.48. The molecular formula is C11H13ClN2O2S. The molecule has 1 aliphatic carbocycles. The molecule has 1 aromatic rings. The molecule has 6 heteroatoms. The molecule has 3 rings (SSSR count). The second-order valence-electron chi connectivity index (χ2n) is 4.37. The maximum atomic E-state index is 10.8. The van der Waals surface area contributed by atoms with Crippen LogP contribution in [0.25, 0.3) is 0 Å². The van der Waals surface area contributed by atoms with Crippen LogP contribution >= 0.6 is 22.9 Å². The van der Waals surface area contributed by atoms with Gasteiger partial charge in [-0.2, -0.15) is 0 Å². The highest BCUT2D eigenvalue weighted by atomic mass is 35.5. The van der Waals surface area contributed by atoms with Gasteiger partial charge in [-0.25, -0.2) is 4.98 Å². The second-order valence-corrected chi connectivity index (χ2v) is 5.74. The number of aldehydes is 1. The predicted octanol–water partition coefficient (Wildman–Crippen LogP) is 2.37. The standard InChI is InChI=1S/C11H13ClN2O2S/c12-10-9(6-15)17-11(13-10)14-4-5-16-8-3-1-2-7(8)14/h6-8H,1-5H2. The van der Waals surface area contributed by atoms with Crippen molar-refractivity contribution in [2.75, 3.05) is 18.1 Å². The summed E-state index contributed by atoms with van der Waals surface area (Å²) in [5, 5.41) is 1.18. The van der Waals surface area contributed by atoms with Crippen molar-refractivity contribution in [3.05, 3.63) is 10.0 Å². The number of fused-ring (bicyclic) bond motifs is 1. The smallest absolute Gasteiger partial charge is 0.187 e. The van der Waals surface area contributed by atoms with Gasteiger partial charge in [0.15, 0.2) is 16.6 Å². The average molecular weight is 273 g/mol. The molecule has 0 amide bonds. The van der Waals surface area contributed by atoms with Crippen LogP contribution < -0.4 is 4.90 Å². The number of morpholine rings is 1. The normalized spacial score (nSPS) is 28.2. The molecule has 0 aromatic carbocycles. The highest BCUT2D eigenvalue weighted by molar-refractivity contribution is 7.17. The Morgan fingerprint density at radius 2 is 2.41 bits per heavy atom. The van der Waals surface area contributed by atoms with E-state index in [0.717, 1.165) is 37.4 Å². The maximum Gasteiger partial charge on any atom is 0.187 e. The quantitative estimate of drug-likeness (QED) is 0.775. The van der Waals surface area contributed by atoms with Crippen molar-refractivity contribution in [2.24, 2.45) is 0 Å². The Morgan fingerprint density at radius 3 is 3.18 bits per heavy atom. The van der Waals surface area contributed by atoms with Crippen LogP contribution in [-0.4, -0.2) is 36.6 Å². The summed E-state index contributed by atoms with van der Waals surface area (Å²) in [5.41, 5.74) is 0. The lowest BCUT2D eigenvalue weighted by atomic mass is 10.1. The van der Waals surface area contributed by atoms with Crippen LogP contribution in [-0.2, 0) is 4.74 Å². The van der Waals surface area contributed by atoms with Gasteiger partial charge in [0.05, 0.1) is 18.8 Å². The molecule has 2 heterocycles. The maximum absolute atomic E-state index is 10.8.